The van der Waals surface area contributed by atoms with Gasteiger partial charge in [-0.3, -0.25) is 4.79 Å². The van der Waals surface area contributed by atoms with Gasteiger partial charge in [-0.25, -0.2) is 9.97 Å². The molecule has 1 aromatic carbocycles. The molecule has 3 aromatic rings. The van der Waals surface area contributed by atoms with Crippen molar-refractivity contribution in [2.24, 2.45) is 5.92 Å². The van der Waals surface area contributed by atoms with E-state index < -0.39 is 0 Å². The van der Waals surface area contributed by atoms with E-state index in [0.29, 0.717) is 0 Å². The molecule has 5 rings (SSSR count). The molecule has 1 aliphatic heterocycles. The summed E-state index contributed by atoms with van der Waals surface area (Å²) in [6.07, 6.45) is 7.72. The highest BCUT2D eigenvalue weighted by Crippen LogP contribution is 2.31. The molecule has 1 aliphatic carbocycles. The second-order valence-electron chi connectivity index (χ2n) is 8.47. The number of benzene rings is 1. The Labute approximate surface area is 181 Å². The van der Waals surface area contributed by atoms with Crippen LogP contribution in [0.1, 0.15) is 44.9 Å². The quantitative estimate of drug-likeness (QED) is 0.644. The van der Waals surface area contributed by atoms with Crippen LogP contribution in [-0.4, -0.2) is 35.0 Å². The van der Waals surface area contributed by atoms with Gasteiger partial charge in [0.2, 0.25) is 5.91 Å². The third-order valence-electron chi connectivity index (χ3n) is 6.44. The highest BCUT2D eigenvalue weighted by Gasteiger charge is 2.27. The molecule has 30 heavy (non-hydrogen) atoms. The summed E-state index contributed by atoms with van der Waals surface area (Å²) in [7, 11) is 0. The van der Waals surface area contributed by atoms with Gasteiger partial charge in [-0.05, 0) is 49.3 Å². The van der Waals surface area contributed by atoms with E-state index in [9.17, 15) is 4.79 Å². The zero-order valence-corrected chi connectivity index (χ0v) is 18.0. The Hall–Kier alpha value is -2.47. The second-order valence-corrected chi connectivity index (χ2v) is 9.42. The van der Waals surface area contributed by atoms with Crippen molar-refractivity contribution < 1.29 is 4.79 Å². The fourth-order valence-electron chi connectivity index (χ4n) is 4.74. The predicted octanol–water partition coefficient (Wildman–Crippen LogP) is 5.02. The molecule has 2 fully saturated rings. The minimum absolute atomic E-state index is 0.232. The Morgan fingerprint density at radius 1 is 0.967 bits per heavy atom. The number of piperidine rings is 1. The molecular weight excluding hydrogens is 392 g/mol. The van der Waals surface area contributed by atoms with Gasteiger partial charge in [0.05, 0.1) is 10.4 Å². The maximum atomic E-state index is 12.6. The lowest BCUT2D eigenvalue weighted by molar-refractivity contribution is -0.126. The number of anilines is 1. The summed E-state index contributed by atoms with van der Waals surface area (Å²) in [6, 6.07) is 12.7. The second kappa shape index (κ2) is 8.72. The molecule has 0 unspecified atom stereocenters. The number of rotatable bonds is 4. The zero-order chi connectivity index (χ0) is 20.3. The molecule has 0 radical (unpaired) electrons. The van der Waals surface area contributed by atoms with Crippen molar-refractivity contribution in [1.82, 2.24) is 15.3 Å². The fraction of sp³-hybridized carbons (Fsp3) is 0.458. The maximum Gasteiger partial charge on any atom is 0.223 e. The highest BCUT2D eigenvalue weighted by atomic mass is 32.1. The van der Waals surface area contributed by atoms with Crippen LogP contribution in [0.5, 0.6) is 0 Å². The van der Waals surface area contributed by atoms with Gasteiger partial charge in [-0.15, -0.1) is 11.3 Å². The van der Waals surface area contributed by atoms with Crippen molar-refractivity contribution in [2.75, 3.05) is 18.0 Å². The number of thiophene rings is 1. The summed E-state index contributed by atoms with van der Waals surface area (Å²) in [5.41, 5.74) is 0.985. The van der Waals surface area contributed by atoms with E-state index in [1.165, 1.54) is 19.3 Å². The average molecular weight is 421 g/mol. The fourth-order valence-corrected chi connectivity index (χ4v) is 5.39. The normalized spacial score (nSPS) is 18.6. The highest BCUT2D eigenvalue weighted by molar-refractivity contribution is 7.13. The lowest BCUT2D eigenvalue weighted by Crippen LogP contribution is -2.46. The lowest BCUT2D eigenvalue weighted by Gasteiger charge is -2.34. The van der Waals surface area contributed by atoms with Crippen molar-refractivity contribution in [3.63, 3.8) is 0 Å². The van der Waals surface area contributed by atoms with Crippen molar-refractivity contribution in [1.29, 1.82) is 0 Å². The number of amides is 1. The number of carbonyl (C=O) groups is 1. The molecule has 3 heterocycles. The van der Waals surface area contributed by atoms with Crippen molar-refractivity contribution in [2.45, 2.75) is 51.0 Å². The minimum Gasteiger partial charge on any atom is -0.356 e. The van der Waals surface area contributed by atoms with Crippen LogP contribution in [0.2, 0.25) is 0 Å². The molecule has 1 saturated carbocycles. The van der Waals surface area contributed by atoms with Crippen LogP contribution in [0, 0.1) is 5.92 Å². The van der Waals surface area contributed by atoms with Crippen LogP contribution in [0.15, 0.2) is 41.8 Å². The number of aromatic nitrogens is 2. The third-order valence-corrected chi connectivity index (χ3v) is 7.31. The topological polar surface area (TPSA) is 58.1 Å². The van der Waals surface area contributed by atoms with E-state index in [2.05, 4.69) is 39.9 Å². The SMILES string of the molecule is O=C(NC1CCN(c2nc(-c3cccs3)nc3ccccc23)CC1)C1CCCCC1. The smallest absolute Gasteiger partial charge is 0.223 e. The summed E-state index contributed by atoms with van der Waals surface area (Å²) in [6.45, 7) is 1.81. The number of hydrogen-bond donors (Lipinski definition) is 1. The molecule has 156 valence electrons. The van der Waals surface area contributed by atoms with Crippen LogP contribution in [-0.2, 0) is 4.79 Å². The van der Waals surface area contributed by atoms with E-state index in [4.69, 9.17) is 9.97 Å². The van der Waals surface area contributed by atoms with Gasteiger partial charge in [-0.2, -0.15) is 0 Å². The third kappa shape index (κ3) is 4.06. The Kier molecular flexibility index (Phi) is 5.67. The summed E-state index contributed by atoms with van der Waals surface area (Å²) in [5.74, 6) is 2.32. The predicted molar refractivity (Wildman–Crippen MR) is 123 cm³/mol. The molecule has 1 N–H and O–H groups in total. The first-order chi connectivity index (χ1) is 14.8. The van der Waals surface area contributed by atoms with E-state index in [-0.39, 0.29) is 17.9 Å². The van der Waals surface area contributed by atoms with Crippen LogP contribution < -0.4 is 10.2 Å². The van der Waals surface area contributed by atoms with E-state index >= 15 is 0 Å². The van der Waals surface area contributed by atoms with E-state index in [1.54, 1.807) is 11.3 Å². The summed E-state index contributed by atoms with van der Waals surface area (Å²) < 4.78 is 0. The van der Waals surface area contributed by atoms with Gasteiger partial charge in [0.15, 0.2) is 5.82 Å². The number of para-hydroxylation sites is 1. The lowest BCUT2D eigenvalue weighted by atomic mass is 9.88. The number of fused-ring (bicyclic) bond motifs is 1. The van der Waals surface area contributed by atoms with Crippen molar-refractivity contribution in [3.05, 3.63) is 41.8 Å². The number of nitrogens with zero attached hydrogens (tertiary/aromatic N) is 3. The minimum atomic E-state index is 0.232. The Bertz CT molecular complexity index is 1010. The molecule has 1 amide bonds. The zero-order valence-electron chi connectivity index (χ0n) is 17.2. The van der Waals surface area contributed by atoms with Crippen LogP contribution in [0.25, 0.3) is 21.6 Å². The Balaban J connectivity index is 1.31. The van der Waals surface area contributed by atoms with Gasteiger partial charge >= 0.3 is 0 Å². The van der Waals surface area contributed by atoms with E-state index in [1.807, 2.05) is 12.1 Å². The first-order valence-corrected chi connectivity index (χ1v) is 12.0. The summed E-state index contributed by atoms with van der Waals surface area (Å²) in [4.78, 5) is 25.8. The van der Waals surface area contributed by atoms with Crippen molar-refractivity contribution >= 4 is 34.0 Å². The number of hydrogen-bond acceptors (Lipinski definition) is 5. The Morgan fingerprint density at radius 2 is 1.77 bits per heavy atom. The molecule has 2 aliphatic rings. The van der Waals surface area contributed by atoms with Crippen molar-refractivity contribution in [3.8, 4) is 10.7 Å². The largest absolute Gasteiger partial charge is 0.356 e. The average Bonchev–Trinajstić information content (AvgIpc) is 3.35. The molecule has 0 bridgehead atoms. The molecule has 0 atom stereocenters. The van der Waals surface area contributed by atoms with Crippen LogP contribution in [0.3, 0.4) is 0 Å². The first-order valence-electron chi connectivity index (χ1n) is 11.1. The number of nitrogens with one attached hydrogen (secondary N) is 1. The number of carbonyl (C=O) groups excluding carboxylic acids is 1. The monoisotopic (exact) mass is 420 g/mol. The van der Waals surface area contributed by atoms with Gasteiger partial charge in [-0.1, -0.05) is 37.5 Å². The molecule has 1 saturated heterocycles. The van der Waals surface area contributed by atoms with E-state index in [0.717, 1.165) is 66.2 Å². The van der Waals surface area contributed by atoms with Crippen LogP contribution in [0.4, 0.5) is 5.82 Å². The van der Waals surface area contributed by atoms with Gasteiger partial charge in [0, 0.05) is 30.4 Å². The Morgan fingerprint density at radius 3 is 2.53 bits per heavy atom. The summed E-state index contributed by atoms with van der Waals surface area (Å²) in [5, 5.41) is 6.50. The standard InChI is InChI=1S/C24H28N4OS/c29-24(17-7-2-1-3-8-17)25-18-12-14-28(15-13-18)23-19-9-4-5-10-20(19)26-22(27-23)21-11-6-16-30-21/h4-6,9-11,16-18H,1-3,7-8,12-15H2,(H,25,29). The van der Waals surface area contributed by atoms with Crippen LogP contribution >= 0.6 is 11.3 Å². The molecule has 5 nitrogen and oxygen atoms in total. The molecule has 6 heteroatoms. The molecule has 2 aromatic heterocycles. The molecule has 0 spiro atoms. The first kappa shape index (κ1) is 19.5. The van der Waals surface area contributed by atoms with Gasteiger partial charge in [0.1, 0.15) is 5.82 Å². The molecular formula is C24H28N4OS. The van der Waals surface area contributed by atoms with Gasteiger partial charge < -0.3 is 10.2 Å². The van der Waals surface area contributed by atoms with Gasteiger partial charge in [0.25, 0.3) is 0 Å². The maximum absolute atomic E-state index is 12.6. The summed E-state index contributed by atoms with van der Waals surface area (Å²) >= 11 is 1.67.